The van der Waals surface area contributed by atoms with Crippen molar-refractivity contribution in [2.24, 2.45) is 0 Å². The molecule has 2 rings (SSSR count). The second-order valence-corrected chi connectivity index (χ2v) is 5.19. The van der Waals surface area contributed by atoms with Crippen LogP contribution in [0.3, 0.4) is 0 Å². The molecule has 1 aliphatic carbocycles. The second kappa shape index (κ2) is 6.10. The summed E-state index contributed by atoms with van der Waals surface area (Å²) in [5.74, 6) is -0.941. The first kappa shape index (κ1) is 13.9. The Labute approximate surface area is 112 Å². The van der Waals surface area contributed by atoms with Gasteiger partial charge in [-0.3, -0.25) is 4.79 Å². The standard InChI is InChI=1S/C14H19FN2O2/c15-12-6-5-11(9-16-12)13(18)17-10-14(19)7-3-1-2-4-8-14/h5-6,9,19H,1-4,7-8,10H2,(H,17,18). The summed E-state index contributed by atoms with van der Waals surface area (Å²) in [6, 6.07) is 2.53. The Morgan fingerprint density at radius 3 is 2.58 bits per heavy atom. The first-order chi connectivity index (χ1) is 9.09. The van der Waals surface area contributed by atoms with Gasteiger partial charge in [0.05, 0.1) is 11.2 Å². The van der Waals surface area contributed by atoms with E-state index >= 15 is 0 Å². The van der Waals surface area contributed by atoms with Crippen LogP contribution in [0.5, 0.6) is 0 Å². The summed E-state index contributed by atoms with van der Waals surface area (Å²) in [4.78, 5) is 15.3. The van der Waals surface area contributed by atoms with Gasteiger partial charge in [-0.2, -0.15) is 4.39 Å². The van der Waals surface area contributed by atoms with E-state index in [4.69, 9.17) is 0 Å². The summed E-state index contributed by atoms with van der Waals surface area (Å²) < 4.78 is 12.7. The van der Waals surface area contributed by atoms with Crippen LogP contribution >= 0.6 is 0 Å². The predicted molar refractivity (Wildman–Crippen MR) is 69.2 cm³/mol. The Morgan fingerprint density at radius 2 is 2.00 bits per heavy atom. The van der Waals surface area contributed by atoms with Crippen molar-refractivity contribution < 1.29 is 14.3 Å². The van der Waals surface area contributed by atoms with E-state index in [1.807, 2.05) is 0 Å². The summed E-state index contributed by atoms with van der Waals surface area (Å²) in [5, 5.41) is 13.1. The fraction of sp³-hybridized carbons (Fsp3) is 0.571. The third-order valence-corrected chi connectivity index (χ3v) is 3.60. The lowest BCUT2D eigenvalue weighted by Gasteiger charge is -2.26. The minimum atomic E-state index is -0.806. The number of hydrogen-bond acceptors (Lipinski definition) is 3. The highest BCUT2D eigenvalue weighted by atomic mass is 19.1. The SMILES string of the molecule is O=C(NCC1(O)CCCCCC1)c1ccc(F)nc1. The number of aromatic nitrogens is 1. The molecule has 104 valence electrons. The van der Waals surface area contributed by atoms with E-state index in [1.165, 1.54) is 12.3 Å². The molecule has 1 aromatic heterocycles. The minimum Gasteiger partial charge on any atom is -0.388 e. The van der Waals surface area contributed by atoms with Crippen molar-refractivity contribution in [3.05, 3.63) is 29.8 Å². The number of nitrogens with one attached hydrogen (secondary N) is 1. The van der Waals surface area contributed by atoms with Crippen LogP contribution in [0, 0.1) is 5.95 Å². The van der Waals surface area contributed by atoms with Gasteiger partial charge in [0.2, 0.25) is 5.95 Å². The second-order valence-electron chi connectivity index (χ2n) is 5.19. The number of hydrogen-bond donors (Lipinski definition) is 2. The third-order valence-electron chi connectivity index (χ3n) is 3.60. The largest absolute Gasteiger partial charge is 0.388 e. The fourth-order valence-electron chi connectivity index (χ4n) is 2.42. The topological polar surface area (TPSA) is 62.2 Å². The van der Waals surface area contributed by atoms with Gasteiger partial charge >= 0.3 is 0 Å². The van der Waals surface area contributed by atoms with Gasteiger partial charge in [0, 0.05) is 12.7 Å². The van der Waals surface area contributed by atoms with E-state index in [2.05, 4.69) is 10.3 Å². The maximum Gasteiger partial charge on any atom is 0.252 e. The average Bonchev–Trinajstić information content (AvgIpc) is 2.62. The monoisotopic (exact) mass is 266 g/mol. The Hall–Kier alpha value is -1.49. The third kappa shape index (κ3) is 3.99. The lowest BCUT2D eigenvalue weighted by atomic mass is 9.94. The van der Waals surface area contributed by atoms with Crippen LogP contribution in [0.25, 0.3) is 0 Å². The van der Waals surface area contributed by atoms with Gasteiger partial charge in [0.1, 0.15) is 0 Å². The van der Waals surface area contributed by atoms with Crippen molar-refractivity contribution in [2.75, 3.05) is 6.54 Å². The van der Waals surface area contributed by atoms with Crippen LogP contribution in [-0.4, -0.2) is 28.1 Å². The van der Waals surface area contributed by atoms with Crippen molar-refractivity contribution in [1.29, 1.82) is 0 Å². The molecule has 19 heavy (non-hydrogen) atoms. The molecule has 0 saturated heterocycles. The van der Waals surface area contributed by atoms with E-state index in [-0.39, 0.29) is 12.5 Å². The molecule has 1 amide bonds. The molecule has 0 aromatic carbocycles. The number of rotatable bonds is 3. The zero-order valence-electron chi connectivity index (χ0n) is 10.9. The molecule has 0 spiro atoms. The van der Waals surface area contributed by atoms with E-state index in [0.29, 0.717) is 5.56 Å². The van der Waals surface area contributed by atoms with E-state index in [9.17, 15) is 14.3 Å². The van der Waals surface area contributed by atoms with Crippen LogP contribution in [0.1, 0.15) is 48.9 Å². The van der Waals surface area contributed by atoms with Gasteiger partial charge in [-0.1, -0.05) is 25.7 Å². The molecule has 1 aromatic rings. The number of carbonyl (C=O) groups excluding carboxylic acids is 1. The van der Waals surface area contributed by atoms with Crippen molar-refractivity contribution >= 4 is 5.91 Å². The first-order valence-electron chi connectivity index (χ1n) is 6.71. The van der Waals surface area contributed by atoms with Crippen molar-refractivity contribution in [2.45, 2.75) is 44.1 Å². The van der Waals surface area contributed by atoms with Crippen LogP contribution in [0.4, 0.5) is 4.39 Å². The molecule has 1 fully saturated rings. The Kier molecular flexibility index (Phi) is 4.47. The van der Waals surface area contributed by atoms with Gasteiger partial charge in [-0.25, -0.2) is 4.98 Å². The van der Waals surface area contributed by atoms with Crippen LogP contribution < -0.4 is 5.32 Å². The Balaban J connectivity index is 1.90. The average molecular weight is 266 g/mol. The summed E-state index contributed by atoms with van der Waals surface area (Å²) in [7, 11) is 0. The zero-order chi connectivity index (χ0) is 13.7. The molecule has 1 aliphatic rings. The highest BCUT2D eigenvalue weighted by Gasteiger charge is 2.28. The lowest BCUT2D eigenvalue weighted by molar-refractivity contribution is 0.0246. The molecule has 0 atom stereocenters. The lowest BCUT2D eigenvalue weighted by Crippen LogP contribution is -2.42. The van der Waals surface area contributed by atoms with Gasteiger partial charge in [0.25, 0.3) is 5.91 Å². The summed E-state index contributed by atoms with van der Waals surface area (Å²) in [5.41, 5.74) is -0.502. The number of halogens is 1. The smallest absolute Gasteiger partial charge is 0.252 e. The predicted octanol–water partition coefficient (Wildman–Crippen LogP) is 2.04. The first-order valence-corrected chi connectivity index (χ1v) is 6.71. The maximum absolute atomic E-state index is 12.7. The molecule has 1 heterocycles. The van der Waals surface area contributed by atoms with Crippen LogP contribution in [0.15, 0.2) is 18.3 Å². The Morgan fingerprint density at radius 1 is 1.32 bits per heavy atom. The number of amides is 1. The summed E-state index contributed by atoms with van der Waals surface area (Å²) in [6.45, 7) is 0.239. The maximum atomic E-state index is 12.7. The van der Waals surface area contributed by atoms with Crippen LogP contribution in [-0.2, 0) is 0 Å². The summed E-state index contributed by atoms with van der Waals surface area (Å²) >= 11 is 0. The van der Waals surface area contributed by atoms with E-state index in [0.717, 1.165) is 44.6 Å². The highest BCUT2D eigenvalue weighted by Crippen LogP contribution is 2.26. The van der Waals surface area contributed by atoms with Crippen molar-refractivity contribution in [3.8, 4) is 0 Å². The molecule has 2 N–H and O–H groups in total. The molecular weight excluding hydrogens is 247 g/mol. The van der Waals surface area contributed by atoms with E-state index < -0.39 is 11.5 Å². The molecule has 0 bridgehead atoms. The fourth-order valence-corrected chi connectivity index (χ4v) is 2.42. The van der Waals surface area contributed by atoms with Gasteiger partial charge in [-0.05, 0) is 25.0 Å². The van der Waals surface area contributed by atoms with Crippen molar-refractivity contribution in [1.82, 2.24) is 10.3 Å². The molecule has 4 nitrogen and oxygen atoms in total. The molecule has 0 unspecified atom stereocenters. The van der Waals surface area contributed by atoms with Gasteiger partial charge < -0.3 is 10.4 Å². The number of nitrogens with zero attached hydrogens (tertiary/aromatic N) is 1. The molecule has 0 radical (unpaired) electrons. The van der Waals surface area contributed by atoms with E-state index in [1.54, 1.807) is 0 Å². The molecule has 1 saturated carbocycles. The number of carbonyl (C=O) groups is 1. The van der Waals surface area contributed by atoms with Crippen LogP contribution in [0.2, 0.25) is 0 Å². The number of pyridine rings is 1. The zero-order valence-corrected chi connectivity index (χ0v) is 10.9. The minimum absolute atomic E-state index is 0.239. The molecule has 0 aliphatic heterocycles. The van der Waals surface area contributed by atoms with Gasteiger partial charge in [0.15, 0.2) is 0 Å². The summed E-state index contributed by atoms with van der Waals surface area (Å²) in [6.07, 6.45) is 6.89. The number of aliphatic hydroxyl groups is 1. The Bertz CT molecular complexity index is 426. The normalized spacial score (nSPS) is 18.6. The quantitative estimate of drug-likeness (QED) is 0.650. The molecule has 5 heteroatoms. The van der Waals surface area contributed by atoms with Crippen molar-refractivity contribution in [3.63, 3.8) is 0 Å². The highest BCUT2D eigenvalue weighted by molar-refractivity contribution is 5.93. The molecular formula is C14H19FN2O2. The van der Waals surface area contributed by atoms with Gasteiger partial charge in [-0.15, -0.1) is 0 Å².